The maximum absolute atomic E-state index is 12.3. The molecule has 2 fully saturated rings. The van der Waals surface area contributed by atoms with Crippen molar-refractivity contribution in [3.8, 4) is 0 Å². The fraction of sp³-hybridized carbons (Fsp3) is 0.875. The van der Waals surface area contributed by atoms with Crippen LogP contribution in [-0.2, 0) is 9.53 Å². The zero-order chi connectivity index (χ0) is 16.5. The summed E-state index contributed by atoms with van der Waals surface area (Å²) in [6.45, 7) is 10.0. The molecule has 0 aromatic rings. The van der Waals surface area contributed by atoms with Crippen molar-refractivity contribution < 1.29 is 19.4 Å². The van der Waals surface area contributed by atoms with Crippen LogP contribution in [0.1, 0.15) is 40.5 Å². The lowest BCUT2D eigenvalue weighted by Gasteiger charge is -2.52. The molecule has 2 saturated heterocycles. The molecule has 0 aromatic carbocycles. The number of likely N-dealkylation sites (tertiary alicyclic amines) is 1. The Morgan fingerprint density at radius 2 is 1.82 bits per heavy atom. The van der Waals surface area contributed by atoms with Gasteiger partial charge in [-0.1, -0.05) is 6.92 Å². The zero-order valence-corrected chi connectivity index (χ0v) is 14.0. The van der Waals surface area contributed by atoms with Crippen molar-refractivity contribution in [1.29, 1.82) is 0 Å². The van der Waals surface area contributed by atoms with Crippen molar-refractivity contribution >= 4 is 12.1 Å². The monoisotopic (exact) mass is 312 g/mol. The van der Waals surface area contributed by atoms with Crippen molar-refractivity contribution in [2.75, 3.05) is 26.2 Å². The maximum Gasteiger partial charge on any atom is 0.410 e. The Morgan fingerprint density at radius 1 is 1.23 bits per heavy atom. The van der Waals surface area contributed by atoms with E-state index < -0.39 is 23.6 Å². The number of amides is 1. The van der Waals surface area contributed by atoms with E-state index in [1.165, 1.54) is 0 Å². The van der Waals surface area contributed by atoms with Gasteiger partial charge in [0, 0.05) is 13.1 Å². The van der Waals surface area contributed by atoms with Gasteiger partial charge >= 0.3 is 12.1 Å². The molecule has 0 bridgehead atoms. The minimum absolute atomic E-state index is 0.150. The summed E-state index contributed by atoms with van der Waals surface area (Å²) >= 11 is 0. The van der Waals surface area contributed by atoms with Crippen LogP contribution < -0.4 is 5.32 Å². The summed E-state index contributed by atoms with van der Waals surface area (Å²) in [5.74, 6) is -1.18. The van der Waals surface area contributed by atoms with E-state index in [4.69, 9.17) is 4.74 Å². The number of carboxylic acid groups (broad SMARTS) is 1. The number of carbonyl (C=O) groups is 2. The molecule has 1 spiro atoms. The number of nitrogens with zero attached hydrogens (tertiary/aromatic N) is 1. The largest absolute Gasteiger partial charge is 0.481 e. The lowest BCUT2D eigenvalue weighted by atomic mass is 9.59. The Labute approximate surface area is 132 Å². The van der Waals surface area contributed by atoms with Crippen molar-refractivity contribution in [2.45, 2.75) is 46.1 Å². The number of aliphatic carboxylic acids is 1. The van der Waals surface area contributed by atoms with Crippen molar-refractivity contribution in [2.24, 2.45) is 17.3 Å². The zero-order valence-electron chi connectivity index (χ0n) is 14.0. The lowest BCUT2D eigenvalue weighted by Crippen LogP contribution is -2.59. The molecule has 22 heavy (non-hydrogen) atoms. The van der Waals surface area contributed by atoms with Crippen LogP contribution in [0.2, 0.25) is 0 Å². The Balaban J connectivity index is 2.18. The molecule has 126 valence electrons. The molecule has 1 amide bonds. The van der Waals surface area contributed by atoms with E-state index in [1.807, 2.05) is 20.8 Å². The molecule has 6 nitrogen and oxygen atoms in total. The minimum Gasteiger partial charge on any atom is -0.481 e. The molecule has 2 unspecified atom stereocenters. The molecule has 2 N–H and O–H groups in total. The van der Waals surface area contributed by atoms with Gasteiger partial charge in [-0.2, -0.15) is 0 Å². The molecule has 6 heteroatoms. The molecule has 0 aromatic heterocycles. The number of carboxylic acids is 1. The van der Waals surface area contributed by atoms with E-state index >= 15 is 0 Å². The molecule has 2 rings (SSSR count). The highest BCUT2D eigenvalue weighted by atomic mass is 16.6. The van der Waals surface area contributed by atoms with Gasteiger partial charge in [-0.3, -0.25) is 4.79 Å². The number of ether oxygens (including phenoxy) is 1. The predicted octanol–water partition coefficient (Wildman–Crippen LogP) is 1.94. The van der Waals surface area contributed by atoms with E-state index in [2.05, 4.69) is 12.2 Å². The maximum atomic E-state index is 12.3. The van der Waals surface area contributed by atoms with Crippen LogP contribution in [0, 0.1) is 17.3 Å². The molecular weight excluding hydrogens is 284 g/mol. The van der Waals surface area contributed by atoms with Gasteiger partial charge in [0.2, 0.25) is 0 Å². The molecule has 0 aliphatic carbocycles. The van der Waals surface area contributed by atoms with Gasteiger partial charge in [-0.05, 0) is 58.0 Å². The number of piperidine rings is 2. The number of hydrogen-bond acceptors (Lipinski definition) is 4. The van der Waals surface area contributed by atoms with Crippen molar-refractivity contribution in [3.05, 3.63) is 0 Å². The average molecular weight is 312 g/mol. The second kappa shape index (κ2) is 6.07. The first-order valence-electron chi connectivity index (χ1n) is 8.07. The first-order valence-corrected chi connectivity index (χ1v) is 8.07. The summed E-state index contributed by atoms with van der Waals surface area (Å²) < 4.78 is 5.41. The summed E-state index contributed by atoms with van der Waals surface area (Å²) in [5, 5.41) is 13.0. The Kier molecular flexibility index (Phi) is 4.70. The van der Waals surface area contributed by atoms with Crippen LogP contribution in [0.25, 0.3) is 0 Å². The topological polar surface area (TPSA) is 78.9 Å². The first-order chi connectivity index (χ1) is 10.2. The van der Waals surface area contributed by atoms with Gasteiger partial charge in [-0.15, -0.1) is 0 Å². The van der Waals surface area contributed by atoms with Crippen LogP contribution in [-0.4, -0.2) is 53.8 Å². The molecule has 2 atom stereocenters. The van der Waals surface area contributed by atoms with Gasteiger partial charge in [0.15, 0.2) is 0 Å². The first kappa shape index (κ1) is 17.1. The van der Waals surface area contributed by atoms with Gasteiger partial charge in [-0.25, -0.2) is 4.79 Å². The van der Waals surface area contributed by atoms with E-state index in [-0.39, 0.29) is 17.9 Å². The summed E-state index contributed by atoms with van der Waals surface area (Å²) in [7, 11) is 0. The van der Waals surface area contributed by atoms with Crippen LogP contribution >= 0.6 is 0 Å². The third kappa shape index (κ3) is 3.37. The summed E-state index contributed by atoms with van der Waals surface area (Å²) in [6, 6.07) is 0. The predicted molar refractivity (Wildman–Crippen MR) is 82.6 cm³/mol. The van der Waals surface area contributed by atoms with Crippen LogP contribution in [0.3, 0.4) is 0 Å². The standard InChI is InChI=1S/C16H28N2O4/c1-11-9-18(14(21)22-15(2,3)4)10-12(13(19)20)16(11)5-7-17-8-6-16/h11-12,17H,5-10H2,1-4H3,(H,19,20). The van der Waals surface area contributed by atoms with E-state index in [9.17, 15) is 14.7 Å². The van der Waals surface area contributed by atoms with E-state index in [0.29, 0.717) is 6.54 Å². The third-order valence-corrected chi connectivity index (χ3v) is 5.06. The van der Waals surface area contributed by atoms with Crippen LogP contribution in [0.5, 0.6) is 0 Å². The highest BCUT2D eigenvalue weighted by Crippen LogP contribution is 2.47. The van der Waals surface area contributed by atoms with Gasteiger partial charge in [0.1, 0.15) is 5.60 Å². The Hall–Kier alpha value is -1.30. The average Bonchev–Trinajstić information content (AvgIpc) is 2.40. The Bertz CT molecular complexity index is 438. The quantitative estimate of drug-likeness (QED) is 0.773. The molecule has 0 saturated carbocycles. The normalized spacial score (nSPS) is 28.5. The highest BCUT2D eigenvalue weighted by molar-refractivity contribution is 5.74. The second-order valence-electron chi connectivity index (χ2n) is 7.66. The van der Waals surface area contributed by atoms with E-state index in [0.717, 1.165) is 25.9 Å². The van der Waals surface area contributed by atoms with Crippen LogP contribution in [0.4, 0.5) is 4.79 Å². The second-order valence-corrected chi connectivity index (χ2v) is 7.66. The number of hydrogen-bond donors (Lipinski definition) is 2. The van der Waals surface area contributed by atoms with Gasteiger partial charge < -0.3 is 20.1 Å². The lowest BCUT2D eigenvalue weighted by molar-refractivity contribution is -0.155. The number of carbonyl (C=O) groups excluding carboxylic acids is 1. The van der Waals surface area contributed by atoms with Gasteiger partial charge in [0.25, 0.3) is 0 Å². The number of rotatable bonds is 1. The molecule has 2 aliphatic heterocycles. The Morgan fingerprint density at radius 3 is 2.32 bits per heavy atom. The SMILES string of the molecule is CC1CN(C(=O)OC(C)(C)C)CC(C(=O)O)C12CCNCC2. The summed E-state index contributed by atoms with van der Waals surface area (Å²) in [4.78, 5) is 25.7. The fourth-order valence-corrected chi connectivity index (χ4v) is 3.87. The number of nitrogens with one attached hydrogen (secondary N) is 1. The molecule has 0 radical (unpaired) electrons. The molecule has 2 heterocycles. The summed E-state index contributed by atoms with van der Waals surface area (Å²) in [5.41, 5.74) is -0.779. The van der Waals surface area contributed by atoms with E-state index in [1.54, 1.807) is 4.90 Å². The fourth-order valence-electron chi connectivity index (χ4n) is 3.87. The molecular formula is C16H28N2O4. The summed E-state index contributed by atoms with van der Waals surface area (Å²) in [6.07, 6.45) is 1.30. The van der Waals surface area contributed by atoms with Gasteiger partial charge in [0.05, 0.1) is 5.92 Å². The van der Waals surface area contributed by atoms with Crippen molar-refractivity contribution in [3.63, 3.8) is 0 Å². The van der Waals surface area contributed by atoms with Crippen LogP contribution in [0.15, 0.2) is 0 Å². The smallest absolute Gasteiger partial charge is 0.410 e. The van der Waals surface area contributed by atoms with Crippen molar-refractivity contribution in [1.82, 2.24) is 10.2 Å². The highest BCUT2D eigenvalue weighted by Gasteiger charge is 2.52. The third-order valence-electron chi connectivity index (χ3n) is 5.06. The minimum atomic E-state index is -0.804. The molecule has 2 aliphatic rings.